The molecule has 1 saturated heterocycles. The Hall–Kier alpha value is -0.880. The van der Waals surface area contributed by atoms with Crippen LogP contribution in [0.4, 0.5) is 0 Å². The van der Waals surface area contributed by atoms with Crippen molar-refractivity contribution in [3.63, 3.8) is 0 Å². The van der Waals surface area contributed by atoms with Crippen molar-refractivity contribution in [3.8, 4) is 0 Å². The van der Waals surface area contributed by atoms with E-state index < -0.39 is 9.84 Å². The van der Waals surface area contributed by atoms with Crippen molar-refractivity contribution >= 4 is 39.8 Å². The zero-order chi connectivity index (χ0) is 18.1. The third kappa shape index (κ3) is 5.56. The Morgan fingerprint density at radius 2 is 2.23 bits per heavy atom. The number of morpholine rings is 1. The number of nitrogens with one attached hydrogen (secondary N) is 1. The molecule has 1 aromatic rings. The molecule has 0 radical (unpaired) electrons. The molecule has 8 nitrogen and oxygen atoms in total. The van der Waals surface area contributed by atoms with Crippen molar-refractivity contribution in [2.45, 2.75) is 18.9 Å². The van der Waals surface area contributed by atoms with Gasteiger partial charge in [0.2, 0.25) is 0 Å². The van der Waals surface area contributed by atoms with Gasteiger partial charge in [-0.3, -0.25) is 9.67 Å². The molecule has 0 bridgehead atoms. The molecular formula is C16H28IN5O3S. The molecule has 10 heteroatoms. The maximum absolute atomic E-state index is 11.6. The van der Waals surface area contributed by atoms with Crippen molar-refractivity contribution in [1.82, 2.24) is 20.0 Å². The Kier molecular flexibility index (Phi) is 6.94. The number of sulfone groups is 1. The molecule has 3 rings (SSSR count). The first kappa shape index (κ1) is 21.4. The van der Waals surface area contributed by atoms with E-state index in [1.54, 1.807) is 11.7 Å². The van der Waals surface area contributed by atoms with Gasteiger partial charge in [0.15, 0.2) is 5.96 Å². The molecule has 0 spiro atoms. The quantitative estimate of drug-likeness (QED) is 0.368. The molecule has 1 unspecified atom stereocenters. The lowest BCUT2D eigenvalue weighted by molar-refractivity contribution is -0.00808. The van der Waals surface area contributed by atoms with Crippen LogP contribution in [-0.4, -0.2) is 74.4 Å². The number of aryl methyl sites for hydroxylation is 1. The highest BCUT2D eigenvalue weighted by molar-refractivity contribution is 14.0. The second-order valence-corrected chi connectivity index (χ2v) is 9.36. The zero-order valence-corrected chi connectivity index (χ0v) is 18.7. The standard InChI is InChI=1S/C16H27N5O3S.HI/c1-17-15(18-11-16(4-5-16)12-25(3,22)23)21-6-7-24-14(10-21)13-8-19-20(2)9-13;/h8-9,14H,4-7,10-12H2,1-3H3,(H,17,18);1H. The number of rotatable bonds is 5. The van der Waals surface area contributed by atoms with E-state index in [1.165, 1.54) is 6.26 Å². The van der Waals surface area contributed by atoms with E-state index in [0.29, 0.717) is 19.7 Å². The van der Waals surface area contributed by atoms with Gasteiger partial charge in [-0.2, -0.15) is 5.10 Å². The van der Waals surface area contributed by atoms with Gasteiger partial charge in [-0.25, -0.2) is 8.42 Å². The number of guanidine groups is 1. The number of aliphatic imine (C=N–C) groups is 1. The van der Waals surface area contributed by atoms with E-state index in [4.69, 9.17) is 4.74 Å². The van der Waals surface area contributed by atoms with Crippen LogP contribution in [0.1, 0.15) is 24.5 Å². The summed E-state index contributed by atoms with van der Waals surface area (Å²) in [6.45, 7) is 2.72. The van der Waals surface area contributed by atoms with Crippen LogP contribution >= 0.6 is 24.0 Å². The SMILES string of the molecule is CN=C(NCC1(CS(C)(=O)=O)CC1)N1CCOC(c2cnn(C)c2)C1.I. The summed E-state index contributed by atoms with van der Waals surface area (Å²) in [5.41, 5.74) is 0.928. The van der Waals surface area contributed by atoms with Gasteiger partial charge >= 0.3 is 0 Å². The monoisotopic (exact) mass is 497 g/mol. The van der Waals surface area contributed by atoms with E-state index in [0.717, 1.165) is 30.9 Å². The molecule has 0 aromatic carbocycles. The lowest BCUT2D eigenvalue weighted by Gasteiger charge is -2.35. The third-order valence-corrected chi connectivity index (χ3v) is 5.96. The van der Waals surface area contributed by atoms with Crippen LogP contribution in [0, 0.1) is 5.41 Å². The van der Waals surface area contributed by atoms with Crippen molar-refractivity contribution in [2.75, 3.05) is 45.3 Å². The van der Waals surface area contributed by atoms with E-state index >= 15 is 0 Å². The van der Waals surface area contributed by atoms with E-state index in [9.17, 15) is 8.42 Å². The molecule has 2 fully saturated rings. The van der Waals surface area contributed by atoms with Crippen LogP contribution in [0.15, 0.2) is 17.4 Å². The van der Waals surface area contributed by atoms with Crippen molar-refractivity contribution < 1.29 is 13.2 Å². The van der Waals surface area contributed by atoms with Crippen molar-refractivity contribution in [1.29, 1.82) is 0 Å². The molecule has 1 N–H and O–H groups in total. The first-order valence-corrected chi connectivity index (χ1v) is 10.6. The van der Waals surface area contributed by atoms with Crippen LogP contribution in [0.3, 0.4) is 0 Å². The third-order valence-electron chi connectivity index (χ3n) is 4.82. The lowest BCUT2D eigenvalue weighted by atomic mass is 10.1. The van der Waals surface area contributed by atoms with Crippen LogP contribution in [0.25, 0.3) is 0 Å². The predicted octanol–water partition coefficient (Wildman–Crippen LogP) is 0.812. The fraction of sp³-hybridized carbons (Fsp3) is 0.750. The molecule has 1 aromatic heterocycles. The van der Waals surface area contributed by atoms with Gasteiger partial charge in [0.1, 0.15) is 15.9 Å². The number of nitrogens with zero attached hydrogens (tertiary/aromatic N) is 4. The van der Waals surface area contributed by atoms with Crippen LogP contribution in [-0.2, 0) is 21.6 Å². The maximum Gasteiger partial charge on any atom is 0.193 e. The number of hydrogen-bond donors (Lipinski definition) is 1. The minimum atomic E-state index is -2.96. The molecule has 1 aliphatic carbocycles. The maximum atomic E-state index is 11.6. The second kappa shape index (κ2) is 8.42. The normalized spacial score (nSPS) is 22.7. The van der Waals surface area contributed by atoms with Gasteiger partial charge in [0.05, 0.1) is 25.1 Å². The van der Waals surface area contributed by atoms with E-state index in [1.807, 2.05) is 19.4 Å². The summed E-state index contributed by atoms with van der Waals surface area (Å²) in [4.78, 5) is 6.54. The highest BCUT2D eigenvalue weighted by Crippen LogP contribution is 2.46. The fourth-order valence-electron chi connectivity index (χ4n) is 3.35. The molecule has 0 amide bonds. The van der Waals surface area contributed by atoms with Crippen LogP contribution < -0.4 is 5.32 Å². The first-order valence-electron chi connectivity index (χ1n) is 8.54. The summed E-state index contributed by atoms with van der Waals surface area (Å²) in [6, 6.07) is 0. The summed E-state index contributed by atoms with van der Waals surface area (Å²) in [5, 5.41) is 7.59. The smallest absolute Gasteiger partial charge is 0.193 e. The Morgan fingerprint density at radius 1 is 1.50 bits per heavy atom. The average Bonchev–Trinajstić information content (AvgIpc) is 3.15. The average molecular weight is 497 g/mol. The molecule has 148 valence electrons. The number of hydrogen-bond acceptors (Lipinski definition) is 5. The number of ether oxygens (including phenoxy) is 1. The summed E-state index contributed by atoms with van der Waals surface area (Å²) in [7, 11) is 0.683. The Morgan fingerprint density at radius 3 is 2.77 bits per heavy atom. The van der Waals surface area contributed by atoms with Gasteiger partial charge in [-0.15, -0.1) is 24.0 Å². The summed E-state index contributed by atoms with van der Waals surface area (Å²) in [6.07, 6.45) is 6.97. The summed E-state index contributed by atoms with van der Waals surface area (Å²) >= 11 is 0. The molecule has 2 heterocycles. The molecular weight excluding hydrogens is 469 g/mol. The number of aromatic nitrogens is 2. The zero-order valence-electron chi connectivity index (χ0n) is 15.5. The Bertz CT molecular complexity index is 745. The van der Waals surface area contributed by atoms with Gasteiger partial charge in [0.25, 0.3) is 0 Å². The highest BCUT2D eigenvalue weighted by atomic mass is 127. The van der Waals surface area contributed by atoms with Crippen LogP contribution in [0.2, 0.25) is 0 Å². The molecule has 2 aliphatic rings. The second-order valence-electron chi connectivity index (χ2n) is 7.22. The summed E-state index contributed by atoms with van der Waals surface area (Å²) < 4.78 is 30.9. The minimum Gasteiger partial charge on any atom is -0.370 e. The number of halogens is 1. The molecule has 26 heavy (non-hydrogen) atoms. The Labute approximate surface area is 172 Å². The summed E-state index contributed by atoms with van der Waals surface area (Å²) in [5.74, 6) is 1.04. The van der Waals surface area contributed by atoms with Crippen molar-refractivity contribution in [2.24, 2.45) is 17.5 Å². The topological polar surface area (TPSA) is 88.8 Å². The first-order chi connectivity index (χ1) is 11.8. The highest BCUT2D eigenvalue weighted by Gasteiger charge is 2.45. The van der Waals surface area contributed by atoms with E-state index in [-0.39, 0.29) is 41.2 Å². The molecule has 1 atom stereocenters. The van der Waals surface area contributed by atoms with Gasteiger partial charge < -0.3 is 15.0 Å². The largest absolute Gasteiger partial charge is 0.370 e. The van der Waals surface area contributed by atoms with E-state index in [2.05, 4.69) is 20.3 Å². The molecule has 1 aliphatic heterocycles. The minimum absolute atomic E-state index is 0. The van der Waals surface area contributed by atoms with Crippen LogP contribution in [0.5, 0.6) is 0 Å². The van der Waals surface area contributed by atoms with Gasteiger partial charge in [0, 0.05) is 50.6 Å². The lowest BCUT2D eigenvalue weighted by Crippen LogP contribution is -2.49. The van der Waals surface area contributed by atoms with Gasteiger partial charge in [-0.1, -0.05) is 0 Å². The van der Waals surface area contributed by atoms with Gasteiger partial charge in [-0.05, 0) is 12.8 Å². The fourth-order valence-corrected chi connectivity index (χ4v) is 4.86. The predicted molar refractivity (Wildman–Crippen MR) is 112 cm³/mol. The Balaban J connectivity index is 0.00000243. The molecule has 1 saturated carbocycles. The van der Waals surface area contributed by atoms with Crippen molar-refractivity contribution in [3.05, 3.63) is 18.0 Å².